The van der Waals surface area contributed by atoms with Gasteiger partial charge in [0.05, 0.1) is 12.7 Å². The molecule has 5 heteroatoms. The first-order valence-corrected chi connectivity index (χ1v) is 6.81. The Hall–Kier alpha value is -2.01. The van der Waals surface area contributed by atoms with Crippen LogP contribution in [0.4, 0.5) is 11.4 Å². The van der Waals surface area contributed by atoms with Crippen LogP contribution in [0.1, 0.15) is 15.9 Å². The van der Waals surface area contributed by atoms with Crippen LogP contribution in [0.15, 0.2) is 40.9 Å². The van der Waals surface area contributed by atoms with E-state index in [0.717, 1.165) is 15.7 Å². The molecule has 0 fully saturated rings. The van der Waals surface area contributed by atoms with Gasteiger partial charge in [-0.15, -0.1) is 0 Å². The number of methoxy groups -OCH3 is 1. The zero-order chi connectivity index (χ0) is 14.7. The van der Waals surface area contributed by atoms with Gasteiger partial charge in [0.15, 0.2) is 0 Å². The first-order chi connectivity index (χ1) is 9.51. The molecule has 0 atom stereocenters. The number of hydrogen-bond acceptors (Lipinski definition) is 3. The molecule has 0 saturated heterocycles. The van der Waals surface area contributed by atoms with Crippen LogP contribution in [0.3, 0.4) is 0 Å². The molecule has 3 N–H and O–H groups in total. The summed E-state index contributed by atoms with van der Waals surface area (Å²) in [4.78, 5) is 12.3. The number of nitrogens with two attached hydrogens (primary N) is 1. The zero-order valence-electron chi connectivity index (χ0n) is 11.2. The summed E-state index contributed by atoms with van der Waals surface area (Å²) in [5.41, 5.74) is 8.36. The SMILES string of the molecule is COc1ccc(N)c(C(=O)Nc2ccc(Br)cc2C)c1. The lowest BCUT2D eigenvalue weighted by Gasteiger charge is -2.11. The van der Waals surface area contributed by atoms with E-state index in [0.29, 0.717) is 17.0 Å². The summed E-state index contributed by atoms with van der Waals surface area (Å²) in [6.45, 7) is 1.93. The zero-order valence-corrected chi connectivity index (χ0v) is 12.8. The molecule has 0 bridgehead atoms. The third kappa shape index (κ3) is 3.11. The second-order valence-electron chi connectivity index (χ2n) is 4.37. The fourth-order valence-corrected chi connectivity index (χ4v) is 2.29. The largest absolute Gasteiger partial charge is 0.497 e. The summed E-state index contributed by atoms with van der Waals surface area (Å²) in [6, 6.07) is 10.6. The quantitative estimate of drug-likeness (QED) is 0.843. The number of halogens is 1. The number of ether oxygens (including phenoxy) is 1. The summed E-state index contributed by atoms with van der Waals surface area (Å²) >= 11 is 3.39. The first-order valence-electron chi connectivity index (χ1n) is 6.02. The Balaban J connectivity index is 2.28. The Morgan fingerprint density at radius 3 is 2.65 bits per heavy atom. The topological polar surface area (TPSA) is 64.3 Å². The highest BCUT2D eigenvalue weighted by atomic mass is 79.9. The first kappa shape index (κ1) is 14.4. The number of carbonyl (C=O) groups excluding carboxylic acids is 1. The molecule has 2 aromatic rings. The summed E-state index contributed by atoms with van der Waals surface area (Å²) < 4.78 is 6.07. The van der Waals surface area contributed by atoms with Crippen LogP contribution >= 0.6 is 15.9 Å². The molecule has 104 valence electrons. The summed E-state index contributed by atoms with van der Waals surface area (Å²) in [6.07, 6.45) is 0. The van der Waals surface area contributed by atoms with E-state index in [4.69, 9.17) is 10.5 Å². The van der Waals surface area contributed by atoms with Gasteiger partial charge in [-0.25, -0.2) is 0 Å². The minimum absolute atomic E-state index is 0.258. The monoisotopic (exact) mass is 334 g/mol. The Morgan fingerprint density at radius 2 is 2.00 bits per heavy atom. The number of carbonyl (C=O) groups is 1. The van der Waals surface area contributed by atoms with Crippen LogP contribution in [-0.2, 0) is 0 Å². The van der Waals surface area contributed by atoms with Crippen molar-refractivity contribution in [3.63, 3.8) is 0 Å². The summed E-state index contributed by atoms with van der Waals surface area (Å²) in [5.74, 6) is 0.337. The number of anilines is 2. The number of nitrogens with one attached hydrogen (secondary N) is 1. The van der Waals surface area contributed by atoms with Crippen LogP contribution in [0.5, 0.6) is 5.75 Å². The molecule has 0 saturated carbocycles. The van der Waals surface area contributed by atoms with Crippen molar-refractivity contribution in [3.8, 4) is 5.75 Å². The number of hydrogen-bond donors (Lipinski definition) is 2. The number of amides is 1. The van der Waals surface area contributed by atoms with Gasteiger partial charge in [-0.3, -0.25) is 4.79 Å². The lowest BCUT2D eigenvalue weighted by molar-refractivity contribution is 0.102. The number of benzene rings is 2. The minimum Gasteiger partial charge on any atom is -0.497 e. The maximum absolute atomic E-state index is 12.3. The van der Waals surface area contributed by atoms with E-state index in [2.05, 4.69) is 21.2 Å². The normalized spacial score (nSPS) is 10.2. The molecule has 0 aliphatic rings. The Morgan fingerprint density at radius 1 is 1.25 bits per heavy atom. The van der Waals surface area contributed by atoms with Gasteiger partial charge in [0.1, 0.15) is 5.75 Å². The predicted molar refractivity (Wildman–Crippen MR) is 84.2 cm³/mol. The Kier molecular flexibility index (Phi) is 4.29. The summed E-state index contributed by atoms with van der Waals surface area (Å²) in [7, 11) is 1.55. The fourth-order valence-electron chi connectivity index (χ4n) is 1.82. The molecular formula is C15H15BrN2O2. The maximum Gasteiger partial charge on any atom is 0.257 e. The number of aryl methyl sites for hydroxylation is 1. The molecular weight excluding hydrogens is 320 g/mol. The van der Waals surface area contributed by atoms with Gasteiger partial charge in [-0.2, -0.15) is 0 Å². The van der Waals surface area contributed by atoms with Crippen LogP contribution in [0.2, 0.25) is 0 Å². The smallest absolute Gasteiger partial charge is 0.257 e. The van der Waals surface area contributed by atoms with Gasteiger partial charge in [-0.1, -0.05) is 15.9 Å². The van der Waals surface area contributed by atoms with Crippen molar-refractivity contribution >= 4 is 33.2 Å². The third-order valence-corrected chi connectivity index (χ3v) is 3.43. The van der Waals surface area contributed by atoms with Gasteiger partial charge in [0.25, 0.3) is 5.91 Å². The van der Waals surface area contributed by atoms with Crippen LogP contribution in [-0.4, -0.2) is 13.0 Å². The number of nitrogen functional groups attached to an aromatic ring is 1. The van der Waals surface area contributed by atoms with Crippen LogP contribution in [0, 0.1) is 6.92 Å². The van der Waals surface area contributed by atoms with Gasteiger partial charge in [0.2, 0.25) is 0 Å². The van der Waals surface area contributed by atoms with Crippen molar-refractivity contribution in [2.45, 2.75) is 6.92 Å². The van der Waals surface area contributed by atoms with E-state index in [1.807, 2.05) is 25.1 Å². The highest BCUT2D eigenvalue weighted by molar-refractivity contribution is 9.10. The average Bonchev–Trinajstić information content (AvgIpc) is 2.42. The van der Waals surface area contributed by atoms with Crippen molar-refractivity contribution in [1.82, 2.24) is 0 Å². The second kappa shape index (κ2) is 5.96. The van der Waals surface area contributed by atoms with Crippen molar-refractivity contribution in [2.75, 3.05) is 18.2 Å². The minimum atomic E-state index is -0.258. The molecule has 4 nitrogen and oxygen atoms in total. The van der Waals surface area contributed by atoms with Gasteiger partial charge in [-0.05, 0) is 48.9 Å². The van der Waals surface area contributed by atoms with E-state index >= 15 is 0 Å². The molecule has 2 aromatic carbocycles. The van der Waals surface area contributed by atoms with E-state index in [9.17, 15) is 4.79 Å². The van der Waals surface area contributed by atoms with E-state index in [-0.39, 0.29) is 5.91 Å². The molecule has 0 aromatic heterocycles. The van der Waals surface area contributed by atoms with Gasteiger partial charge in [0, 0.05) is 15.8 Å². The van der Waals surface area contributed by atoms with Gasteiger partial charge < -0.3 is 15.8 Å². The summed E-state index contributed by atoms with van der Waals surface area (Å²) in [5, 5.41) is 2.85. The molecule has 0 aliphatic carbocycles. The van der Waals surface area contributed by atoms with E-state index in [1.54, 1.807) is 25.3 Å². The molecule has 0 aliphatic heterocycles. The van der Waals surface area contributed by atoms with Crippen molar-refractivity contribution < 1.29 is 9.53 Å². The molecule has 0 spiro atoms. The molecule has 0 unspecified atom stereocenters. The van der Waals surface area contributed by atoms with Crippen molar-refractivity contribution in [3.05, 3.63) is 52.0 Å². The van der Waals surface area contributed by atoms with E-state index < -0.39 is 0 Å². The van der Waals surface area contributed by atoms with Crippen LogP contribution < -0.4 is 15.8 Å². The molecule has 0 heterocycles. The van der Waals surface area contributed by atoms with E-state index in [1.165, 1.54) is 0 Å². The second-order valence-corrected chi connectivity index (χ2v) is 5.28. The maximum atomic E-state index is 12.3. The highest BCUT2D eigenvalue weighted by Gasteiger charge is 2.12. The fraction of sp³-hybridized carbons (Fsp3) is 0.133. The predicted octanol–water partition coefficient (Wildman–Crippen LogP) is 3.60. The molecule has 1 amide bonds. The van der Waals surface area contributed by atoms with Crippen molar-refractivity contribution in [2.24, 2.45) is 0 Å². The van der Waals surface area contributed by atoms with Gasteiger partial charge >= 0.3 is 0 Å². The number of rotatable bonds is 3. The van der Waals surface area contributed by atoms with Crippen molar-refractivity contribution in [1.29, 1.82) is 0 Å². The molecule has 20 heavy (non-hydrogen) atoms. The molecule has 0 radical (unpaired) electrons. The Labute approximate surface area is 126 Å². The average molecular weight is 335 g/mol. The third-order valence-electron chi connectivity index (χ3n) is 2.94. The lowest BCUT2D eigenvalue weighted by atomic mass is 10.1. The van der Waals surface area contributed by atoms with Crippen LogP contribution in [0.25, 0.3) is 0 Å². The highest BCUT2D eigenvalue weighted by Crippen LogP contribution is 2.23. The Bertz CT molecular complexity index is 656. The standard InChI is InChI=1S/C15H15BrN2O2/c1-9-7-10(16)3-6-14(9)18-15(19)12-8-11(20-2)4-5-13(12)17/h3-8H,17H2,1-2H3,(H,18,19). The molecule has 2 rings (SSSR count). The lowest BCUT2D eigenvalue weighted by Crippen LogP contribution is -2.14.